The highest BCUT2D eigenvalue weighted by Gasteiger charge is 2.23. The van der Waals surface area contributed by atoms with Crippen LogP contribution in [0.1, 0.15) is 20.3 Å². The molecule has 1 aliphatic rings. The Balaban J connectivity index is 1.96. The number of halogens is 1. The van der Waals surface area contributed by atoms with Crippen LogP contribution in [0.3, 0.4) is 0 Å². The van der Waals surface area contributed by atoms with E-state index in [1.54, 1.807) is 6.07 Å². The zero-order valence-electron chi connectivity index (χ0n) is 10.3. The van der Waals surface area contributed by atoms with Gasteiger partial charge in [-0.05, 0) is 32.4 Å². The lowest BCUT2D eigenvalue weighted by Crippen LogP contribution is -2.31. The van der Waals surface area contributed by atoms with E-state index in [1.165, 1.54) is 12.1 Å². The van der Waals surface area contributed by atoms with Gasteiger partial charge in [-0.1, -0.05) is 0 Å². The molecule has 0 aromatic heterocycles. The predicted molar refractivity (Wildman–Crippen MR) is 66.8 cm³/mol. The molecule has 1 saturated heterocycles. The van der Waals surface area contributed by atoms with Gasteiger partial charge in [0, 0.05) is 36.9 Å². The third kappa shape index (κ3) is 2.88. The molecule has 1 aromatic rings. The molecular weight excluding hydrogens is 219 g/mol. The second kappa shape index (κ2) is 4.92. The van der Waals surface area contributed by atoms with E-state index < -0.39 is 5.82 Å². The van der Waals surface area contributed by atoms with Crippen LogP contribution in [0.15, 0.2) is 18.2 Å². The van der Waals surface area contributed by atoms with Gasteiger partial charge in [0.15, 0.2) is 11.6 Å². The van der Waals surface area contributed by atoms with Gasteiger partial charge in [0.25, 0.3) is 0 Å². The maximum atomic E-state index is 13.2. The Hall–Kier alpha value is -1.29. The number of phenols is 1. The van der Waals surface area contributed by atoms with Crippen LogP contribution in [0.2, 0.25) is 0 Å². The van der Waals surface area contributed by atoms with Crippen molar-refractivity contribution in [3.05, 3.63) is 24.0 Å². The zero-order valence-corrected chi connectivity index (χ0v) is 10.3. The van der Waals surface area contributed by atoms with Crippen LogP contribution >= 0.6 is 0 Å². The lowest BCUT2D eigenvalue weighted by atomic mass is 10.2. The van der Waals surface area contributed by atoms with Gasteiger partial charge in [0.1, 0.15) is 0 Å². The highest BCUT2D eigenvalue weighted by molar-refractivity contribution is 5.47. The van der Waals surface area contributed by atoms with Crippen molar-refractivity contribution in [2.75, 3.05) is 18.4 Å². The molecular formula is C13H19FN2O. The molecule has 2 rings (SSSR count). The predicted octanol–water partition coefficient (Wildman–Crippen LogP) is 2.43. The van der Waals surface area contributed by atoms with Crippen molar-refractivity contribution in [3.63, 3.8) is 0 Å². The van der Waals surface area contributed by atoms with E-state index in [9.17, 15) is 4.39 Å². The average Bonchev–Trinajstić information content (AvgIpc) is 2.72. The number of hydrogen-bond donors (Lipinski definition) is 2. The van der Waals surface area contributed by atoms with Crippen LogP contribution in [0.4, 0.5) is 10.1 Å². The van der Waals surface area contributed by atoms with Gasteiger partial charge >= 0.3 is 0 Å². The molecule has 1 unspecified atom stereocenters. The van der Waals surface area contributed by atoms with Crippen LogP contribution < -0.4 is 5.32 Å². The third-order valence-electron chi connectivity index (χ3n) is 3.27. The van der Waals surface area contributed by atoms with E-state index in [4.69, 9.17) is 5.11 Å². The van der Waals surface area contributed by atoms with Gasteiger partial charge < -0.3 is 10.4 Å². The first-order valence-electron chi connectivity index (χ1n) is 6.05. The van der Waals surface area contributed by atoms with Gasteiger partial charge in [0.05, 0.1) is 0 Å². The minimum absolute atomic E-state index is 0.300. The van der Waals surface area contributed by atoms with E-state index in [0.717, 1.165) is 25.2 Å². The summed E-state index contributed by atoms with van der Waals surface area (Å²) in [5, 5.41) is 12.4. The topological polar surface area (TPSA) is 35.5 Å². The van der Waals surface area contributed by atoms with E-state index >= 15 is 0 Å². The summed E-state index contributed by atoms with van der Waals surface area (Å²) in [5.41, 5.74) is 0.732. The molecule has 3 nitrogen and oxygen atoms in total. The fraction of sp³-hybridized carbons (Fsp3) is 0.538. The van der Waals surface area contributed by atoms with Crippen molar-refractivity contribution in [3.8, 4) is 5.75 Å². The number of phenolic OH excluding ortho intramolecular Hbond substituents is 1. The standard InChI is InChI=1S/C13H19FN2O/c1-9(2)16-6-5-11(8-16)15-10-3-4-13(17)12(14)7-10/h3-4,7,9,11,15,17H,5-6,8H2,1-2H3. The molecule has 0 saturated carbocycles. The Morgan fingerprint density at radius 2 is 2.24 bits per heavy atom. The molecule has 0 aliphatic carbocycles. The van der Waals surface area contributed by atoms with Crippen LogP contribution in [-0.2, 0) is 0 Å². The molecule has 0 radical (unpaired) electrons. The first-order valence-corrected chi connectivity index (χ1v) is 6.05. The monoisotopic (exact) mass is 238 g/mol. The number of hydrogen-bond acceptors (Lipinski definition) is 3. The highest BCUT2D eigenvalue weighted by atomic mass is 19.1. The van der Waals surface area contributed by atoms with Crippen LogP contribution in [0.25, 0.3) is 0 Å². The number of nitrogens with zero attached hydrogens (tertiary/aromatic N) is 1. The van der Waals surface area contributed by atoms with Crippen molar-refractivity contribution in [1.82, 2.24) is 4.90 Å². The van der Waals surface area contributed by atoms with Crippen molar-refractivity contribution in [1.29, 1.82) is 0 Å². The van der Waals surface area contributed by atoms with Crippen LogP contribution in [0.5, 0.6) is 5.75 Å². The third-order valence-corrected chi connectivity index (χ3v) is 3.27. The van der Waals surface area contributed by atoms with Gasteiger partial charge in [-0.25, -0.2) is 4.39 Å². The molecule has 1 aliphatic heterocycles. The van der Waals surface area contributed by atoms with Gasteiger partial charge in [-0.3, -0.25) is 4.90 Å². The van der Waals surface area contributed by atoms with Crippen LogP contribution in [0, 0.1) is 5.82 Å². The lowest BCUT2D eigenvalue weighted by Gasteiger charge is -2.20. The highest BCUT2D eigenvalue weighted by Crippen LogP contribution is 2.22. The molecule has 0 bridgehead atoms. The van der Waals surface area contributed by atoms with Gasteiger partial charge in [0.2, 0.25) is 0 Å². The number of benzene rings is 1. The number of likely N-dealkylation sites (tertiary alicyclic amines) is 1. The van der Waals surface area contributed by atoms with Crippen molar-refractivity contribution >= 4 is 5.69 Å². The Kier molecular flexibility index (Phi) is 3.52. The molecule has 0 amide bonds. The second-order valence-corrected chi connectivity index (χ2v) is 4.88. The molecule has 1 atom stereocenters. The summed E-state index contributed by atoms with van der Waals surface area (Å²) in [4.78, 5) is 2.40. The SMILES string of the molecule is CC(C)N1CCC(Nc2ccc(O)c(F)c2)C1. The molecule has 1 aromatic carbocycles. The van der Waals surface area contributed by atoms with E-state index in [-0.39, 0.29) is 5.75 Å². The minimum atomic E-state index is -0.575. The number of anilines is 1. The second-order valence-electron chi connectivity index (χ2n) is 4.88. The Morgan fingerprint density at radius 3 is 2.82 bits per heavy atom. The van der Waals surface area contributed by atoms with E-state index in [2.05, 4.69) is 24.1 Å². The summed E-state index contributed by atoms with van der Waals surface area (Å²) >= 11 is 0. The first kappa shape index (κ1) is 12.2. The van der Waals surface area contributed by atoms with Crippen molar-refractivity contribution < 1.29 is 9.50 Å². The molecule has 4 heteroatoms. The summed E-state index contributed by atoms with van der Waals surface area (Å²) in [5.74, 6) is -0.875. The minimum Gasteiger partial charge on any atom is -0.505 e. The summed E-state index contributed by atoms with van der Waals surface area (Å²) < 4.78 is 13.2. The maximum absolute atomic E-state index is 13.2. The Labute approximate surface area is 101 Å². The number of rotatable bonds is 3. The summed E-state index contributed by atoms with van der Waals surface area (Å²) in [6.45, 7) is 6.43. The molecule has 94 valence electrons. The Morgan fingerprint density at radius 1 is 1.47 bits per heavy atom. The average molecular weight is 238 g/mol. The Bertz CT molecular complexity index is 395. The van der Waals surface area contributed by atoms with E-state index in [1.807, 2.05) is 0 Å². The fourth-order valence-electron chi connectivity index (χ4n) is 2.21. The summed E-state index contributed by atoms with van der Waals surface area (Å²) in [6.07, 6.45) is 1.07. The number of aromatic hydroxyl groups is 1. The summed E-state index contributed by atoms with van der Waals surface area (Å²) in [6, 6.07) is 5.34. The normalized spacial score (nSPS) is 21.1. The fourth-order valence-corrected chi connectivity index (χ4v) is 2.21. The summed E-state index contributed by atoms with van der Waals surface area (Å²) in [7, 11) is 0. The van der Waals surface area contributed by atoms with Gasteiger partial charge in [-0.15, -0.1) is 0 Å². The number of nitrogens with one attached hydrogen (secondary N) is 1. The smallest absolute Gasteiger partial charge is 0.166 e. The van der Waals surface area contributed by atoms with Crippen molar-refractivity contribution in [2.45, 2.75) is 32.4 Å². The molecule has 1 heterocycles. The zero-order chi connectivity index (χ0) is 12.4. The molecule has 1 fully saturated rings. The van der Waals surface area contributed by atoms with Crippen LogP contribution in [-0.4, -0.2) is 35.2 Å². The van der Waals surface area contributed by atoms with Gasteiger partial charge in [-0.2, -0.15) is 0 Å². The van der Waals surface area contributed by atoms with Crippen molar-refractivity contribution in [2.24, 2.45) is 0 Å². The molecule has 0 spiro atoms. The molecule has 2 N–H and O–H groups in total. The maximum Gasteiger partial charge on any atom is 0.166 e. The quantitative estimate of drug-likeness (QED) is 0.794. The largest absolute Gasteiger partial charge is 0.505 e. The van der Waals surface area contributed by atoms with E-state index in [0.29, 0.717) is 12.1 Å². The lowest BCUT2D eigenvalue weighted by molar-refractivity contribution is 0.274. The first-order chi connectivity index (χ1) is 8.06. The molecule has 17 heavy (non-hydrogen) atoms.